The fourth-order valence-corrected chi connectivity index (χ4v) is 3.71. The van der Waals surface area contributed by atoms with Crippen LogP contribution in [0.3, 0.4) is 0 Å². The van der Waals surface area contributed by atoms with Crippen LogP contribution in [0.5, 0.6) is 0 Å². The number of H-pyrrole nitrogens is 1. The number of anilines is 1. The minimum atomic E-state index is -0.678. The van der Waals surface area contributed by atoms with Crippen molar-refractivity contribution >= 4 is 40.4 Å². The first kappa shape index (κ1) is 20.4. The van der Waals surface area contributed by atoms with Gasteiger partial charge in [-0.2, -0.15) is 9.78 Å². The quantitative estimate of drug-likeness (QED) is 0.346. The molecule has 4 aromatic rings. The number of aryl methyl sites for hydroxylation is 1. The number of aromatic amines is 1. The van der Waals surface area contributed by atoms with Gasteiger partial charge < -0.3 is 5.32 Å². The number of thiophene rings is 1. The van der Waals surface area contributed by atoms with E-state index in [-0.39, 0.29) is 33.6 Å². The highest BCUT2D eigenvalue weighted by Gasteiger charge is 2.20. The topological polar surface area (TPSA) is 136 Å². The highest BCUT2D eigenvalue weighted by molar-refractivity contribution is 7.13. The average Bonchev–Trinajstić information content (AvgIpc) is 3.37. The zero-order valence-electron chi connectivity index (χ0n) is 15.8. The molecule has 0 aliphatic rings. The molecule has 0 saturated carbocycles. The number of amides is 1. The van der Waals surface area contributed by atoms with Crippen LogP contribution in [0.2, 0.25) is 5.02 Å². The van der Waals surface area contributed by atoms with E-state index in [0.29, 0.717) is 11.4 Å². The predicted octanol–water partition coefficient (Wildman–Crippen LogP) is 3.81. The van der Waals surface area contributed by atoms with Gasteiger partial charge in [0, 0.05) is 30.0 Å². The van der Waals surface area contributed by atoms with Gasteiger partial charge in [0.15, 0.2) is 0 Å². The molecule has 1 aromatic carbocycles. The molecule has 12 heteroatoms. The molecule has 0 bridgehead atoms. The maximum atomic E-state index is 12.9. The summed E-state index contributed by atoms with van der Waals surface area (Å²) in [6.45, 7) is 1.66. The van der Waals surface area contributed by atoms with Crippen LogP contribution in [0.25, 0.3) is 16.5 Å². The lowest BCUT2D eigenvalue weighted by molar-refractivity contribution is -0.384. The van der Waals surface area contributed by atoms with Gasteiger partial charge in [0.25, 0.3) is 17.2 Å². The number of nitrogens with one attached hydrogen (secondary N) is 2. The molecule has 3 heterocycles. The zero-order valence-corrected chi connectivity index (χ0v) is 17.4. The molecule has 156 valence electrons. The van der Waals surface area contributed by atoms with Gasteiger partial charge in [0.1, 0.15) is 11.5 Å². The summed E-state index contributed by atoms with van der Waals surface area (Å²) < 4.78 is 1.28. The highest BCUT2D eigenvalue weighted by atomic mass is 35.5. The number of hydrogen-bond donors (Lipinski definition) is 2. The number of hydrogen-bond acceptors (Lipinski definition) is 7. The van der Waals surface area contributed by atoms with Gasteiger partial charge in [0.05, 0.1) is 20.4 Å². The van der Waals surface area contributed by atoms with Crippen LogP contribution in [0, 0.1) is 17.0 Å². The summed E-state index contributed by atoms with van der Waals surface area (Å²) in [5.41, 5.74) is 0.277. The van der Waals surface area contributed by atoms with E-state index in [4.69, 9.17) is 11.6 Å². The largest absolute Gasteiger partial charge is 0.306 e. The van der Waals surface area contributed by atoms with Crippen molar-refractivity contribution in [1.82, 2.24) is 19.7 Å². The molecule has 0 atom stereocenters. The third-order valence-electron chi connectivity index (χ3n) is 4.19. The Bertz CT molecular complexity index is 1360. The Balaban J connectivity index is 1.79. The highest BCUT2D eigenvalue weighted by Crippen LogP contribution is 2.28. The van der Waals surface area contributed by atoms with Crippen molar-refractivity contribution in [1.29, 1.82) is 0 Å². The Morgan fingerprint density at radius 1 is 1.29 bits per heavy atom. The Morgan fingerprint density at radius 2 is 2.10 bits per heavy atom. The van der Waals surface area contributed by atoms with Gasteiger partial charge in [-0.05, 0) is 24.4 Å². The van der Waals surface area contributed by atoms with Crippen LogP contribution in [-0.4, -0.2) is 30.6 Å². The first-order valence-electron chi connectivity index (χ1n) is 8.79. The number of nitro benzene ring substituents is 1. The normalized spacial score (nSPS) is 10.8. The van der Waals surface area contributed by atoms with E-state index in [2.05, 4.69) is 20.4 Å². The van der Waals surface area contributed by atoms with Crippen LogP contribution in [0.15, 0.2) is 52.6 Å². The fourth-order valence-electron chi connectivity index (χ4n) is 2.82. The number of aromatic nitrogens is 4. The number of carbonyl (C=O) groups is 1. The predicted molar refractivity (Wildman–Crippen MR) is 116 cm³/mol. The van der Waals surface area contributed by atoms with Crippen LogP contribution in [0.4, 0.5) is 11.5 Å². The maximum absolute atomic E-state index is 12.9. The standard InChI is InChI=1S/C19H13ClN6O4S/c1-10-7-17(27)23-19(21-10)25-16(9-14(24-25)15-3-2-6-31-15)22-18(28)12-8-11(26(29)30)4-5-13(12)20/h2-9H,1H3,(H,22,28)(H,21,23,27). The molecule has 1 amide bonds. The lowest BCUT2D eigenvalue weighted by Gasteiger charge is -2.09. The van der Waals surface area contributed by atoms with Crippen LogP contribution >= 0.6 is 22.9 Å². The summed E-state index contributed by atoms with van der Waals surface area (Å²) in [5, 5.41) is 20.1. The Kier molecular flexibility index (Phi) is 5.36. The average molecular weight is 457 g/mol. The Labute approximate surface area is 183 Å². The summed E-state index contributed by atoms with van der Waals surface area (Å²) in [7, 11) is 0. The number of non-ortho nitro benzene ring substituents is 1. The van der Waals surface area contributed by atoms with Crippen molar-refractivity contribution < 1.29 is 9.72 Å². The van der Waals surface area contributed by atoms with E-state index < -0.39 is 10.8 Å². The van der Waals surface area contributed by atoms with E-state index in [1.165, 1.54) is 34.2 Å². The number of rotatable bonds is 5. The second-order valence-corrected chi connectivity index (χ2v) is 7.74. The lowest BCUT2D eigenvalue weighted by atomic mass is 10.2. The molecular formula is C19H13ClN6O4S. The first-order chi connectivity index (χ1) is 14.8. The molecular weight excluding hydrogens is 444 g/mol. The van der Waals surface area contributed by atoms with Gasteiger partial charge in [0.2, 0.25) is 5.95 Å². The molecule has 2 N–H and O–H groups in total. The number of nitrogens with zero attached hydrogens (tertiary/aromatic N) is 4. The number of carbonyl (C=O) groups excluding carboxylic acids is 1. The van der Waals surface area contributed by atoms with Crippen molar-refractivity contribution in [2.75, 3.05) is 5.32 Å². The van der Waals surface area contributed by atoms with Crippen LogP contribution in [-0.2, 0) is 0 Å². The van der Waals surface area contributed by atoms with Crippen molar-refractivity contribution in [3.63, 3.8) is 0 Å². The van der Waals surface area contributed by atoms with Crippen molar-refractivity contribution in [2.45, 2.75) is 6.92 Å². The molecule has 0 unspecified atom stereocenters. The minimum absolute atomic E-state index is 0.0507. The van der Waals surface area contributed by atoms with Gasteiger partial charge in [-0.25, -0.2) is 4.98 Å². The molecule has 0 saturated heterocycles. The SMILES string of the molecule is Cc1cc(=O)[nH]c(-n2nc(-c3cccs3)cc2NC(=O)c2cc([N+](=O)[O-])ccc2Cl)n1. The maximum Gasteiger partial charge on any atom is 0.270 e. The number of benzene rings is 1. The molecule has 3 aromatic heterocycles. The second kappa shape index (κ2) is 8.13. The summed E-state index contributed by atoms with van der Waals surface area (Å²) in [6.07, 6.45) is 0. The molecule has 0 aliphatic heterocycles. The zero-order chi connectivity index (χ0) is 22.1. The minimum Gasteiger partial charge on any atom is -0.306 e. The molecule has 4 rings (SSSR count). The molecule has 31 heavy (non-hydrogen) atoms. The fraction of sp³-hybridized carbons (Fsp3) is 0.0526. The third kappa shape index (κ3) is 4.22. The van der Waals surface area contributed by atoms with Gasteiger partial charge in [-0.3, -0.25) is 24.7 Å². The summed E-state index contributed by atoms with van der Waals surface area (Å²) in [6, 6.07) is 10.2. The molecule has 10 nitrogen and oxygen atoms in total. The molecule has 0 radical (unpaired) electrons. The first-order valence-corrected chi connectivity index (χ1v) is 10.0. The second-order valence-electron chi connectivity index (χ2n) is 6.39. The molecule has 0 fully saturated rings. The van der Waals surface area contributed by atoms with Crippen LogP contribution < -0.4 is 10.9 Å². The van der Waals surface area contributed by atoms with Gasteiger partial charge >= 0.3 is 0 Å². The van der Waals surface area contributed by atoms with Gasteiger partial charge in [-0.15, -0.1) is 11.3 Å². The van der Waals surface area contributed by atoms with Crippen molar-refractivity contribution in [3.8, 4) is 16.5 Å². The summed E-state index contributed by atoms with van der Waals surface area (Å²) >= 11 is 7.53. The van der Waals surface area contributed by atoms with Gasteiger partial charge in [-0.1, -0.05) is 17.7 Å². The molecule has 0 aliphatic carbocycles. The van der Waals surface area contributed by atoms with E-state index in [1.807, 2.05) is 17.5 Å². The number of nitro groups is 1. The van der Waals surface area contributed by atoms with Crippen molar-refractivity contribution in [3.05, 3.63) is 84.6 Å². The lowest BCUT2D eigenvalue weighted by Crippen LogP contribution is -2.19. The van der Waals surface area contributed by atoms with E-state index in [9.17, 15) is 19.7 Å². The summed E-state index contributed by atoms with van der Waals surface area (Å²) in [5.74, 6) is -0.374. The number of halogens is 1. The third-order valence-corrected chi connectivity index (χ3v) is 5.41. The smallest absolute Gasteiger partial charge is 0.270 e. The van der Waals surface area contributed by atoms with E-state index >= 15 is 0 Å². The molecule has 0 spiro atoms. The van der Waals surface area contributed by atoms with Crippen LogP contribution in [0.1, 0.15) is 16.1 Å². The monoisotopic (exact) mass is 456 g/mol. The van der Waals surface area contributed by atoms with Crippen molar-refractivity contribution in [2.24, 2.45) is 0 Å². The Hall–Kier alpha value is -3.83. The Morgan fingerprint density at radius 3 is 2.77 bits per heavy atom. The van der Waals surface area contributed by atoms with E-state index in [1.54, 1.807) is 13.0 Å². The summed E-state index contributed by atoms with van der Waals surface area (Å²) in [4.78, 5) is 42.9. The van der Waals surface area contributed by atoms with E-state index in [0.717, 1.165) is 10.9 Å².